The average Bonchev–Trinajstić information content (AvgIpc) is 2.11. The van der Waals surface area contributed by atoms with Crippen LogP contribution in [0.15, 0.2) is 0 Å². The molecule has 2 amide bonds. The van der Waals surface area contributed by atoms with Gasteiger partial charge in [-0.1, -0.05) is 6.42 Å². The molecule has 0 aromatic rings. The summed E-state index contributed by atoms with van der Waals surface area (Å²) < 4.78 is 0. The summed E-state index contributed by atoms with van der Waals surface area (Å²) in [5, 5.41) is 13.6. The summed E-state index contributed by atoms with van der Waals surface area (Å²) in [4.78, 5) is 33.3. The molecule has 0 saturated heterocycles. The maximum Gasteiger partial charge on any atom is 0.319 e. The van der Waals surface area contributed by atoms with Gasteiger partial charge in [0.25, 0.3) is 0 Å². The van der Waals surface area contributed by atoms with Crippen LogP contribution in [-0.2, 0) is 14.4 Å². The zero-order chi connectivity index (χ0) is 11.5. The van der Waals surface area contributed by atoms with Crippen molar-refractivity contribution in [1.29, 1.82) is 0 Å². The molecule has 0 atom stereocenters. The fourth-order valence-electron chi connectivity index (χ4n) is 1.49. The normalized spacial score (nSPS) is 17.4. The number of rotatable bonds is 4. The average molecular weight is 214 g/mol. The SMILES string of the molecule is CNC(=O)CNC(=O)C1(C(=O)O)CCC1. The van der Waals surface area contributed by atoms with Crippen LogP contribution in [0.3, 0.4) is 0 Å². The topological polar surface area (TPSA) is 95.5 Å². The lowest BCUT2D eigenvalue weighted by Crippen LogP contribution is -2.52. The first-order valence-corrected chi connectivity index (χ1v) is 4.75. The van der Waals surface area contributed by atoms with E-state index in [1.807, 2.05) is 0 Å². The van der Waals surface area contributed by atoms with E-state index in [4.69, 9.17) is 5.11 Å². The van der Waals surface area contributed by atoms with Gasteiger partial charge < -0.3 is 15.7 Å². The van der Waals surface area contributed by atoms with Crippen molar-refractivity contribution in [3.63, 3.8) is 0 Å². The highest BCUT2D eigenvalue weighted by Gasteiger charge is 2.51. The smallest absolute Gasteiger partial charge is 0.319 e. The molecule has 1 fully saturated rings. The molecule has 84 valence electrons. The van der Waals surface area contributed by atoms with Gasteiger partial charge in [-0.15, -0.1) is 0 Å². The fraction of sp³-hybridized carbons (Fsp3) is 0.667. The number of hydrogen-bond donors (Lipinski definition) is 3. The lowest BCUT2D eigenvalue weighted by molar-refractivity contribution is -0.162. The molecule has 0 radical (unpaired) electrons. The fourth-order valence-corrected chi connectivity index (χ4v) is 1.49. The quantitative estimate of drug-likeness (QED) is 0.529. The summed E-state index contributed by atoms with van der Waals surface area (Å²) >= 11 is 0. The zero-order valence-electron chi connectivity index (χ0n) is 8.50. The van der Waals surface area contributed by atoms with E-state index in [0.29, 0.717) is 12.8 Å². The molecule has 3 N–H and O–H groups in total. The molecule has 0 aromatic carbocycles. The summed E-state index contributed by atoms with van der Waals surface area (Å²) in [7, 11) is 1.45. The molecule has 6 nitrogen and oxygen atoms in total. The Morgan fingerprint density at radius 3 is 2.27 bits per heavy atom. The standard InChI is InChI=1S/C9H14N2O4/c1-10-6(12)5-11-7(13)9(8(14)15)3-2-4-9/h2-5H2,1H3,(H,10,12)(H,11,13)(H,14,15). The number of carboxylic acid groups (broad SMARTS) is 1. The third kappa shape index (κ3) is 2.08. The van der Waals surface area contributed by atoms with Crippen molar-refractivity contribution in [2.75, 3.05) is 13.6 Å². The van der Waals surface area contributed by atoms with Gasteiger partial charge in [-0.2, -0.15) is 0 Å². The van der Waals surface area contributed by atoms with Crippen LogP contribution in [0.25, 0.3) is 0 Å². The van der Waals surface area contributed by atoms with Crippen LogP contribution < -0.4 is 10.6 Å². The number of aliphatic carboxylic acids is 1. The minimum absolute atomic E-state index is 0.176. The Bertz CT molecular complexity index is 296. The van der Waals surface area contributed by atoms with Gasteiger partial charge in [-0.25, -0.2) is 0 Å². The second-order valence-electron chi connectivity index (χ2n) is 3.60. The molecular weight excluding hydrogens is 200 g/mol. The van der Waals surface area contributed by atoms with E-state index in [1.54, 1.807) is 0 Å². The maximum absolute atomic E-state index is 11.5. The molecule has 15 heavy (non-hydrogen) atoms. The number of likely N-dealkylation sites (N-methyl/N-ethyl adjacent to an activating group) is 1. The number of carbonyl (C=O) groups is 3. The van der Waals surface area contributed by atoms with Gasteiger partial charge in [-0.05, 0) is 12.8 Å². The highest BCUT2D eigenvalue weighted by Crippen LogP contribution is 2.41. The minimum atomic E-state index is -1.30. The third-order valence-electron chi connectivity index (χ3n) is 2.74. The van der Waals surface area contributed by atoms with Crippen LogP contribution in [0.1, 0.15) is 19.3 Å². The molecule has 0 bridgehead atoms. The number of hydrogen-bond acceptors (Lipinski definition) is 3. The van der Waals surface area contributed by atoms with Gasteiger partial charge in [0, 0.05) is 7.05 Å². The van der Waals surface area contributed by atoms with E-state index in [0.717, 1.165) is 6.42 Å². The molecule has 1 aliphatic carbocycles. The van der Waals surface area contributed by atoms with E-state index in [1.165, 1.54) is 7.05 Å². The van der Waals surface area contributed by atoms with E-state index < -0.39 is 17.3 Å². The summed E-state index contributed by atoms with van der Waals surface area (Å²) in [5.41, 5.74) is -1.30. The third-order valence-corrected chi connectivity index (χ3v) is 2.74. The lowest BCUT2D eigenvalue weighted by atomic mass is 9.68. The van der Waals surface area contributed by atoms with Gasteiger partial charge in [0.2, 0.25) is 11.8 Å². The van der Waals surface area contributed by atoms with Gasteiger partial charge in [-0.3, -0.25) is 14.4 Å². The van der Waals surface area contributed by atoms with Crippen LogP contribution >= 0.6 is 0 Å². The van der Waals surface area contributed by atoms with Gasteiger partial charge in [0.1, 0.15) is 5.41 Å². The van der Waals surface area contributed by atoms with E-state index in [2.05, 4.69) is 10.6 Å². The Balaban J connectivity index is 2.52. The predicted octanol–water partition coefficient (Wildman–Crippen LogP) is -0.897. The van der Waals surface area contributed by atoms with Crippen LogP contribution in [0.4, 0.5) is 0 Å². The van der Waals surface area contributed by atoms with Crippen molar-refractivity contribution in [3.05, 3.63) is 0 Å². The Labute approximate surface area is 87.0 Å². The zero-order valence-corrected chi connectivity index (χ0v) is 8.50. The Morgan fingerprint density at radius 1 is 1.33 bits per heavy atom. The van der Waals surface area contributed by atoms with Crippen molar-refractivity contribution >= 4 is 17.8 Å². The molecule has 0 heterocycles. The number of carbonyl (C=O) groups excluding carboxylic acids is 2. The summed E-state index contributed by atoms with van der Waals surface area (Å²) in [6.07, 6.45) is 1.43. The second-order valence-corrected chi connectivity index (χ2v) is 3.60. The van der Waals surface area contributed by atoms with E-state index in [-0.39, 0.29) is 12.5 Å². The summed E-state index contributed by atoms with van der Waals surface area (Å²) in [6, 6.07) is 0. The maximum atomic E-state index is 11.5. The first kappa shape index (κ1) is 11.5. The molecule has 0 aromatic heterocycles. The van der Waals surface area contributed by atoms with Crippen molar-refractivity contribution in [3.8, 4) is 0 Å². The highest BCUT2D eigenvalue weighted by molar-refractivity contribution is 6.03. The monoisotopic (exact) mass is 214 g/mol. The molecule has 1 saturated carbocycles. The highest BCUT2D eigenvalue weighted by atomic mass is 16.4. The van der Waals surface area contributed by atoms with E-state index in [9.17, 15) is 14.4 Å². The van der Waals surface area contributed by atoms with Crippen molar-refractivity contribution in [1.82, 2.24) is 10.6 Å². The minimum Gasteiger partial charge on any atom is -0.480 e. The van der Waals surface area contributed by atoms with Crippen LogP contribution in [0.5, 0.6) is 0 Å². The largest absolute Gasteiger partial charge is 0.480 e. The van der Waals surface area contributed by atoms with Crippen LogP contribution in [-0.4, -0.2) is 36.5 Å². The van der Waals surface area contributed by atoms with Crippen LogP contribution in [0, 0.1) is 5.41 Å². The van der Waals surface area contributed by atoms with E-state index >= 15 is 0 Å². The molecule has 0 aliphatic heterocycles. The summed E-state index contributed by atoms with van der Waals surface area (Å²) in [6.45, 7) is -0.176. The molecular formula is C9H14N2O4. The van der Waals surface area contributed by atoms with Crippen molar-refractivity contribution in [2.24, 2.45) is 5.41 Å². The molecule has 1 aliphatic rings. The van der Waals surface area contributed by atoms with Crippen LogP contribution in [0.2, 0.25) is 0 Å². The van der Waals surface area contributed by atoms with Gasteiger partial charge >= 0.3 is 5.97 Å². The lowest BCUT2D eigenvalue weighted by Gasteiger charge is -2.35. The molecule has 1 rings (SSSR count). The van der Waals surface area contributed by atoms with Crippen molar-refractivity contribution < 1.29 is 19.5 Å². The molecule has 0 unspecified atom stereocenters. The first-order valence-electron chi connectivity index (χ1n) is 4.75. The van der Waals surface area contributed by atoms with Gasteiger partial charge in [0.05, 0.1) is 6.54 Å². The number of carboxylic acids is 1. The van der Waals surface area contributed by atoms with Gasteiger partial charge in [0.15, 0.2) is 0 Å². The number of amides is 2. The first-order chi connectivity index (χ1) is 7.03. The molecule has 6 heteroatoms. The molecule has 0 spiro atoms. The Morgan fingerprint density at radius 2 is 1.93 bits per heavy atom. The predicted molar refractivity (Wildman–Crippen MR) is 51.0 cm³/mol. The second kappa shape index (κ2) is 4.29. The van der Waals surface area contributed by atoms with Crippen molar-refractivity contribution in [2.45, 2.75) is 19.3 Å². The summed E-state index contributed by atoms with van der Waals surface area (Å²) in [5.74, 6) is -2.02. The number of nitrogens with one attached hydrogen (secondary N) is 2. The Kier molecular flexibility index (Phi) is 3.28. The Hall–Kier alpha value is -1.59.